The number of imidazole rings is 1. The van der Waals surface area contributed by atoms with Crippen LogP contribution in [0.3, 0.4) is 0 Å². The predicted octanol–water partition coefficient (Wildman–Crippen LogP) is 0.710. The highest BCUT2D eigenvalue weighted by molar-refractivity contribution is 7.13. The van der Waals surface area contributed by atoms with Gasteiger partial charge in [-0.25, -0.2) is 4.98 Å². The minimum Gasteiger partial charge on any atom is -0.295 e. The average Bonchev–Trinajstić information content (AvgIpc) is 3.07. The summed E-state index contributed by atoms with van der Waals surface area (Å²) in [5, 5.41) is 14.6. The van der Waals surface area contributed by atoms with Gasteiger partial charge in [0.25, 0.3) is 5.91 Å². The normalized spacial score (nSPS) is 10.6. The third-order valence-electron chi connectivity index (χ3n) is 2.36. The molecule has 1 N–H and O–H groups in total. The minimum absolute atomic E-state index is 0.292. The molecule has 0 aliphatic rings. The molecular formula is C10H9N7OS. The fourth-order valence-corrected chi connectivity index (χ4v) is 1.93. The van der Waals surface area contributed by atoms with Gasteiger partial charge in [0.15, 0.2) is 5.82 Å². The minimum atomic E-state index is -0.327. The van der Waals surface area contributed by atoms with Crippen LogP contribution in [0.2, 0.25) is 0 Å². The molecule has 3 heterocycles. The lowest BCUT2D eigenvalue weighted by Crippen LogP contribution is -2.12. The van der Waals surface area contributed by atoms with E-state index in [1.54, 1.807) is 21.0 Å². The molecule has 0 atom stereocenters. The smallest absolute Gasteiger partial charge is 0.277 e. The Morgan fingerprint density at radius 1 is 1.47 bits per heavy atom. The van der Waals surface area contributed by atoms with Gasteiger partial charge in [-0.1, -0.05) is 11.3 Å². The Hall–Kier alpha value is -2.55. The molecule has 0 fully saturated rings. The predicted molar refractivity (Wildman–Crippen MR) is 68.2 cm³/mol. The lowest BCUT2D eigenvalue weighted by atomic mass is 10.4. The highest BCUT2D eigenvalue weighted by Crippen LogP contribution is 2.11. The molecule has 0 saturated heterocycles. The van der Waals surface area contributed by atoms with E-state index in [1.165, 1.54) is 17.7 Å². The Kier molecular flexibility index (Phi) is 2.80. The van der Waals surface area contributed by atoms with Gasteiger partial charge in [0, 0.05) is 25.5 Å². The first-order chi connectivity index (χ1) is 9.22. The van der Waals surface area contributed by atoms with Gasteiger partial charge < -0.3 is 0 Å². The molecule has 3 rings (SSSR count). The van der Waals surface area contributed by atoms with Crippen LogP contribution in [-0.2, 0) is 7.05 Å². The molecule has 0 saturated carbocycles. The fraction of sp³-hybridized carbons (Fsp3) is 0.100. The number of nitrogens with zero attached hydrogens (tertiary/aromatic N) is 6. The molecule has 0 bridgehead atoms. The molecule has 0 unspecified atom stereocenters. The largest absolute Gasteiger partial charge is 0.295 e. The second-order valence-electron chi connectivity index (χ2n) is 3.71. The first-order valence-corrected chi connectivity index (χ1v) is 6.22. The van der Waals surface area contributed by atoms with Crippen LogP contribution in [0.5, 0.6) is 0 Å². The average molecular weight is 275 g/mol. The number of nitrogens with one attached hydrogen (secondary N) is 1. The number of aryl methyl sites for hydroxylation is 1. The van der Waals surface area contributed by atoms with Crippen molar-refractivity contribution >= 4 is 22.4 Å². The van der Waals surface area contributed by atoms with E-state index in [0.29, 0.717) is 16.6 Å². The summed E-state index contributed by atoms with van der Waals surface area (Å²) in [4.78, 5) is 15.9. The van der Waals surface area contributed by atoms with Gasteiger partial charge in [0.1, 0.15) is 17.5 Å². The molecule has 0 aliphatic carbocycles. The summed E-state index contributed by atoms with van der Waals surface area (Å²) < 4.78 is 3.35. The molecule has 9 heteroatoms. The number of hydrogen-bond acceptors (Lipinski definition) is 6. The Morgan fingerprint density at radius 2 is 2.37 bits per heavy atom. The van der Waals surface area contributed by atoms with E-state index in [4.69, 9.17) is 0 Å². The number of carbonyl (C=O) groups is 1. The Bertz CT molecular complexity index is 699. The monoisotopic (exact) mass is 275 g/mol. The van der Waals surface area contributed by atoms with E-state index in [-0.39, 0.29) is 5.91 Å². The summed E-state index contributed by atoms with van der Waals surface area (Å²) in [5.41, 5.74) is 1.84. The number of anilines is 1. The Labute approximate surface area is 111 Å². The van der Waals surface area contributed by atoms with Crippen molar-refractivity contribution in [3.63, 3.8) is 0 Å². The van der Waals surface area contributed by atoms with Crippen LogP contribution in [0.4, 0.5) is 5.13 Å². The fourth-order valence-electron chi connectivity index (χ4n) is 1.49. The highest BCUT2D eigenvalue weighted by atomic mass is 32.1. The Morgan fingerprint density at radius 3 is 3.05 bits per heavy atom. The molecule has 96 valence electrons. The zero-order valence-electron chi connectivity index (χ0n) is 9.89. The number of rotatable bonds is 3. The topological polar surface area (TPSA) is 90.5 Å². The van der Waals surface area contributed by atoms with E-state index in [1.807, 2.05) is 19.3 Å². The summed E-state index contributed by atoms with van der Waals surface area (Å²) in [6.45, 7) is 0. The quantitative estimate of drug-likeness (QED) is 0.760. The molecule has 3 aromatic heterocycles. The van der Waals surface area contributed by atoms with Crippen LogP contribution in [0, 0.1) is 0 Å². The molecule has 1 amide bonds. The van der Waals surface area contributed by atoms with Gasteiger partial charge in [-0.2, -0.15) is 5.10 Å². The van der Waals surface area contributed by atoms with Crippen molar-refractivity contribution in [3.05, 3.63) is 36.0 Å². The number of aromatic nitrogens is 6. The van der Waals surface area contributed by atoms with Gasteiger partial charge in [-0.3, -0.25) is 19.4 Å². The van der Waals surface area contributed by atoms with Crippen LogP contribution >= 0.6 is 11.3 Å². The van der Waals surface area contributed by atoms with Crippen LogP contribution in [0.1, 0.15) is 10.5 Å². The van der Waals surface area contributed by atoms with Crippen molar-refractivity contribution in [2.24, 2.45) is 7.05 Å². The molecule has 0 spiro atoms. The lowest BCUT2D eigenvalue weighted by molar-refractivity contribution is 0.102. The van der Waals surface area contributed by atoms with Gasteiger partial charge in [-0.05, 0) is 0 Å². The molecule has 0 aliphatic heterocycles. The second kappa shape index (κ2) is 4.61. The maximum absolute atomic E-state index is 11.9. The highest BCUT2D eigenvalue weighted by Gasteiger charge is 2.12. The van der Waals surface area contributed by atoms with E-state index < -0.39 is 0 Å². The molecule has 19 heavy (non-hydrogen) atoms. The SMILES string of the molecule is Cn1ccc(-n2cnc(C(=O)Nc3nncs3)c2)n1. The summed E-state index contributed by atoms with van der Waals surface area (Å²) in [7, 11) is 1.82. The first-order valence-electron chi connectivity index (χ1n) is 5.34. The molecule has 0 aromatic carbocycles. The third kappa shape index (κ3) is 2.36. The molecule has 0 radical (unpaired) electrons. The molecular weight excluding hydrogens is 266 g/mol. The standard InChI is InChI=1S/C10H9N7OS/c1-16-3-2-8(15-16)17-4-7(11-5-17)9(18)13-10-14-12-6-19-10/h2-6H,1H3,(H,13,14,18). The summed E-state index contributed by atoms with van der Waals surface area (Å²) in [6, 6.07) is 1.83. The van der Waals surface area contributed by atoms with Crippen molar-refractivity contribution in [1.82, 2.24) is 29.5 Å². The summed E-state index contributed by atoms with van der Waals surface area (Å²) in [6.07, 6.45) is 4.96. The number of amides is 1. The van der Waals surface area contributed by atoms with Gasteiger partial charge in [-0.15, -0.1) is 10.2 Å². The number of carbonyl (C=O) groups excluding carboxylic acids is 1. The maximum atomic E-state index is 11.9. The van der Waals surface area contributed by atoms with E-state index in [0.717, 1.165) is 0 Å². The summed E-state index contributed by atoms with van der Waals surface area (Å²) >= 11 is 1.25. The zero-order chi connectivity index (χ0) is 13.2. The van der Waals surface area contributed by atoms with Crippen LogP contribution < -0.4 is 5.32 Å². The van der Waals surface area contributed by atoms with Crippen molar-refractivity contribution in [2.45, 2.75) is 0 Å². The first kappa shape index (κ1) is 11.5. The van der Waals surface area contributed by atoms with Crippen molar-refractivity contribution in [3.8, 4) is 5.82 Å². The second-order valence-corrected chi connectivity index (χ2v) is 4.55. The van der Waals surface area contributed by atoms with Crippen molar-refractivity contribution in [2.75, 3.05) is 5.32 Å². The Balaban J connectivity index is 1.79. The summed E-state index contributed by atoms with van der Waals surface area (Å²) in [5.74, 6) is 0.372. The number of hydrogen-bond donors (Lipinski definition) is 1. The van der Waals surface area contributed by atoms with Gasteiger partial charge >= 0.3 is 0 Å². The maximum Gasteiger partial charge on any atom is 0.277 e. The van der Waals surface area contributed by atoms with Crippen LogP contribution in [0.15, 0.2) is 30.3 Å². The van der Waals surface area contributed by atoms with E-state index in [9.17, 15) is 4.79 Å². The van der Waals surface area contributed by atoms with E-state index in [2.05, 4.69) is 25.6 Å². The van der Waals surface area contributed by atoms with Gasteiger partial charge in [0.05, 0.1) is 0 Å². The van der Waals surface area contributed by atoms with Crippen molar-refractivity contribution < 1.29 is 4.79 Å². The lowest BCUT2D eigenvalue weighted by Gasteiger charge is -1.96. The van der Waals surface area contributed by atoms with Gasteiger partial charge in [0.2, 0.25) is 5.13 Å². The van der Waals surface area contributed by atoms with E-state index >= 15 is 0 Å². The van der Waals surface area contributed by atoms with Crippen LogP contribution in [-0.4, -0.2) is 35.4 Å². The third-order valence-corrected chi connectivity index (χ3v) is 2.97. The van der Waals surface area contributed by atoms with Crippen LogP contribution in [0.25, 0.3) is 5.82 Å². The molecule has 3 aromatic rings. The zero-order valence-corrected chi connectivity index (χ0v) is 10.7. The van der Waals surface area contributed by atoms with Crippen molar-refractivity contribution in [1.29, 1.82) is 0 Å². The molecule has 8 nitrogen and oxygen atoms in total.